The van der Waals surface area contributed by atoms with Gasteiger partial charge in [-0.3, -0.25) is 0 Å². The molecule has 0 saturated carbocycles. The van der Waals surface area contributed by atoms with Crippen LogP contribution in [0.15, 0.2) is 12.1 Å². The zero-order chi connectivity index (χ0) is 17.1. The number of methoxy groups -OCH3 is 2. The number of hydrogen-bond acceptors (Lipinski definition) is 7. The smallest absolute Gasteiger partial charge is 0.222 e. The molecule has 2 aromatic rings. The molecule has 3 N–H and O–H groups in total. The van der Waals surface area contributed by atoms with Gasteiger partial charge in [-0.1, -0.05) is 0 Å². The lowest BCUT2D eigenvalue weighted by atomic mass is 9.99. The number of benzene rings is 1. The number of fused-ring (bicyclic) bond motifs is 1. The van der Waals surface area contributed by atoms with Crippen LogP contribution in [-0.2, 0) is 0 Å². The average Bonchev–Trinajstić information content (AvgIpc) is 2.60. The molecule has 1 atom stereocenters. The molecule has 0 bridgehead atoms. The molecule has 1 aliphatic heterocycles. The summed E-state index contributed by atoms with van der Waals surface area (Å²) in [5.74, 6) is 2.28. The van der Waals surface area contributed by atoms with E-state index < -0.39 is 0 Å². The van der Waals surface area contributed by atoms with E-state index in [-0.39, 0.29) is 18.6 Å². The van der Waals surface area contributed by atoms with Gasteiger partial charge >= 0.3 is 0 Å². The van der Waals surface area contributed by atoms with E-state index in [1.165, 1.54) is 0 Å². The summed E-state index contributed by atoms with van der Waals surface area (Å²) < 4.78 is 10.8. The zero-order valence-corrected chi connectivity index (χ0v) is 14.2. The molecule has 0 radical (unpaired) electrons. The first kappa shape index (κ1) is 16.6. The lowest BCUT2D eigenvalue weighted by Gasteiger charge is -2.37. The van der Waals surface area contributed by atoms with Crippen LogP contribution in [0.1, 0.15) is 25.7 Å². The molecule has 24 heavy (non-hydrogen) atoms. The number of rotatable bonds is 5. The molecule has 1 aromatic heterocycles. The predicted molar refractivity (Wildman–Crippen MR) is 93.7 cm³/mol. The topological polar surface area (TPSA) is 93.7 Å². The molecule has 3 rings (SSSR count). The first-order valence-corrected chi connectivity index (χ1v) is 8.24. The van der Waals surface area contributed by atoms with Gasteiger partial charge in [0.1, 0.15) is 5.82 Å². The number of ether oxygens (including phenoxy) is 2. The highest BCUT2D eigenvalue weighted by molar-refractivity contribution is 5.93. The summed E-state index contributed by atoms with van der Waals surface area (Å²) in [6.45, 7) is 1.06. The molecule has 130 valence electrons. The minimum Gasteiger partial charge on any atom is -0.493 e. The van der Waals surface area contributed by atoms with E-state index in [2.05, 4.69) is 14.9 Å². The van der Waals surface area contributed by atoms with Crippen LogP contribution in [0, 0.1) is 0 Å². The number of piperidine rings is 1. The summed E-state index contributed by atoms with van der Waals surface area (Å²) in [4.78, 5) is 11.1. The van der Waals surface area contributed by atoms with Crippen molar-refractivity contribution in [3.05, 3.63) is 12.1 Å². The largest absolute Gasteiger partial charge is 0.493 e. The van der Waals surface area contributed by atoms with Crippen molar-refractivity contribution in [3.8, 4) is 11.5 Å². The maximum absolute atomic E-state index is 9.38. The Bertz CT molecular complexity index is 721. The Balaban J connectivity index is 2.15. The van der Waals surface area contributed by atoms with E-state index in [4.69, 9.17) is 15.2 Å². The highest BCUT2D eigenvalue weighted by Crippen LogP contribution is 2.37. The maximum atomic E-state index is 9.38. The van der Waals surface area contributed by atoms with Gasteiger partial charge < -0.3 is 25.2 Å². The number of anilines is 2. The summed E-state index contributed by atoms with van der Waals surface area (Å²) in [6, 6.07) is 3.98. The van der Waals surface area contributed by atoms with Crippen molar-refractivity contribution in [2.24, 2.45) is 0 Å². The van der Waals surface area contributed by atoms with Crippen molar-refractivity contribution < 1.29 is 14.6 Å². The van der Waals surface area contributed by atoms with Gasteiger partial charge in [-0.2, -0.15) is 4.98 Å². The first-order valence-electron chi connectivity index (χ1n) is 8.24. The van der Waals surface area contributed by atoms with Crippen LogP contribution in [-0.4, -0.2) is 48.5 Å². The Kier molecular flexibility index (Phi) is 4.89. The molecule has 7 nitrogen and oxygen atoms in total. The van der Waals surface area contributed by atoms with Crippen molar-refractivity contribution in [2.45, 2.75) is 31.7 Å². The number of nitrogen functional groups attached to an aromatic ring is 1. The van der Waals surface area contributed by atoms with E-state index in [0.717, 1.165) is 48.9 Å². The molecule has 7 heteroatoms. The number of hydrogen-bond donors (Lipinski definition) is 2. The van der Waals surface area contributed by atoms with E-state index in [0.29, 0.717) is 11.5 Å². The molecule has 0 amide bonds. The SMILES string of the molecule is COc1cc2nc(N)nc(N3CCCCC3CCO)c2cc1OC. The van der Waals surface area contributed by atoms with Crippen molar-refractivity contribution >= 4 is 22.7 Å². The van der Waals surface area contributed by atoms with Gasteiger partial charge in [0.25, 0.3) is 0 Å². The Morgan fingerprint density at radius 3 is 2.67 bits per heavy atom. The lowest BCUT2D eigenvalue weighted by molar-refractivity contribution is 0.262. The summed E-state index contributed by atoms with van der Waals surface area (Å²) in [6.07, 6.45) is 4.02. The number of aliphatic hydroxyl groups excluding tert-OH is 1. The minimum absolute atomic E-state index is 0.164. The van der Waals surface area contributed by atoms with Gasteiger partial charge in [0.15, 0.2) is 11.5 Å². The molecule has 2 heterocycles. The second-order valence-corrected chi connectivity index (χ2v) is 5.99. The zero-order valence-electron chi connectivity index (χ0n) is 14.2. The highest BCUT2D eigenvalue weighted by atomic mass is 16.5. The monoisotopic (exact) mass is 332 g/mol. The molecule has 0 aliphatic carbocycles. The third-order valence-electron chi connectivity index (χ3n) is 4.56. The summed E-state index contributed by atoms with van der Waals surface area (Å²) in [5.41, 5.74) is 6.67. The summed E-state index contributed by atoms with van der Waals surface area (Å²) in [7, 11) is 3.20. The fourth-order valence-corrected chi connectivity index (χ4v) is 3.40. The fraction of sp³-hybridized carbons (Fsp3) is 0.529. The summed E-state index contributed by atoms with van der Waals surface area (Å²) in [5, 5.41) is 10.3. The Labute approximate surface area is 141 Å². The van der Waals surface area contributed by atoms with Crippen molar-refractivity contribution in [1.29, 1.82) is 0 Å². The normalized spacial score (nSPS) is 18.0. The lowest BCUT2D eigenvalue weighted by Crippen LogP contribution is -2.41. The van der Waals surface area contributed by atoms with E-state index in [1.54, 1.807) is 14.2 Å². The van der Waals surface area contributed by atoms with Crippen molar-refractivity contribution in [3.63, 3.8) is 0 Å². The van der Waals surface area contributed by atoms with E-state index >= 15 is 0 Å². The molecular weight excluding hydrogens is 308 g/mol. The fourth-order valence-electron chi connectivity index (χ4n) is 3.40. The number of aliphatic hydroxyl groups is 1. The summed E-state index contributed by atoms with van der Waals surface area (Å²) >= 11 is 0. The molecule has 0 spiro atoms. The van der Waals surface area contributed by atoms with Crippen LogP contribution in [0.2, 0.25) is 0 Å². The molecule has 1 aromatic carbocycles. The van der Waals surface area contributed by atoms with Gasteiger partial charge in [-0.25, -0.2) is 4.98 Å². The first-order chi connectivity index (χ1) is 11.7. The quantitative estimate of drug-likeness (QED) is 0.864. The predicted octanol–water partition coefficient (Wildman–Crippen LogP) is 1.97. The van der Waals surface area contributed by atoms with Crippen LogP contribution in [0.25, 0.3) is 10.9 Å². The van der Waals surface area contributed by atoms with Gasteiger partial charge in [0, 0.05) is 30.6 Å². The minimum atomic E-state index is 0.164. The molecule has 1 fully saturated rings. The van der Waals surface area contributed by atoms with Crippen LogP contribution < -0.4 is 20.1 Å². The molecule has 1 saturated heterocycles. The van der Waals surface area contributed by atoms with Crippen molar-refractivity contribution in [1.82, 2.24) is 9.97 Å². The molecular formula is C17H24N4O3. The van der Waals surface area contributed by atoms with E-state index in [1.807, 2.05) is 12.1 Å². The average molecular weight is 332 g/mol. The van der Waals surface area contributed by atoms with Crippen LogP contribution in [0.5, 0.6) is 11.5 Å². The molecule has 1 aliphatic rings. The standard InChI is InChI=1S/C17H24N4O3/c1-23-14-9-12-13(10-15(14)24-2)19-17(18)20-16(12)21-7-4-3-5-11(21)6-8-22/h9-11,22H,3-8H2,1-2H3,(H2,18,19,20). The van der Waals surface area contributed by atoms with Crippen LogP contribution >= 0.6 is 0 Å². The van der Waals surface area contributed by atoms with Gasteiger partial charge in [0.05, 0.1) is 19.7 Å². The Morgan fingerprint density at radius 2 is 1.96 bits per heavy atom. The number of nitrogens with zero attached hydrogens (tertiary/aromatic N) is 3. The van der Waals surface area contributed by atoms with Crippen LogP contribution in [0.4, 0.5) is 11.8 Å². The Morgan fingerprint density at radius 1 is 1.21 bits per heavy atom. The van der Waals surface area contributed by atoms with E-state index in [9.17, 15) is 5.11 Å². The van der Waals surface area contributed by atoms with Crippen LogP contribution in [0.3, 0.4) is 0 Å². The number of aromatic nitrogens is 2. The van der Waals surface area contributed by atoms with Gasteiger partial charge in [-0.15, -0.1) is 0 Å². The van der Waals surface area contributed by atoms with Gasteiger partial charge in [-0.05, 0) is 31.7 Å². The second kappa shape index (κ2) is 7.09. The number of nitrogens with two attached hydrogens (primary N) is 1. The second-order valence-electron chi connectivity index (χ2n) is 5.99. The molecule has 1 unspecified atom stereocenters. The third-order valence-corrected chi connectivity index (χ3v) is 4.56. The maximum Gasteiger partial charge on any atom is 0.222 e. The third kappa shape index (κ3) is 3.03. The van der Waals surface area contributed by atoms with Crippen molar-refractivity contribution in [2.75, 3.05) is 38.0 Å². The Hall–Kier alpha value is -2.28. The highest BCUT2D eigenvalue weighted by Gasteiger charge is 2.26. The van der Waals surface area contributed by atoms with Gasteiger partial charge in [0.2, 0.25) is 5.95 Å².